The number of likely N-dealkylation sites (N-methyl/N-ethyl adjacent to an activating group) is 1. The number of benzene rings is 1. The van der Waals surface area contributed by atoms with E-state index in [4.69, 9.17) is 11.6 Å². The van der Waals surface area contributed by atoms with Crippen LogP contribution >= 0.6 is 11.6 Å². The molecule has 6 heteroatoms. The molecule has 0 bridgehead atoms. The Hall–Kier alpha value is -1.59. The number of carbonyl (C=O) groups excluding carboxylic acids is 2. The van der Waals surface area contributed by atoms with Gasteiger partial charge in [-0.15, -0.1) is 0 Å². The predicted molar refractivity (Wildman–Crippen MR) is 95.9 cm³/mol. The van der Waals surface area contributed by atoms with Gasteiger partial charge in [-0.05, 0) is 44.0 Å². The van der Waals surface area contributed by atoms with E-state index >= 15 is 0 Å². The van der Waals surface area contributed by atoms with Crippen molar-refractivity contribution in [3.63, 3.8) is 0 Å². The zero-order valence-corrected chi connectivity index (χ0v) is 15.3. The van der Waals surface area contributed by atoms with Crippen molar-refractivity contribution in [3.8, 4) is 0 Å². The number of carbonyl (C=O) groups is 2. The van der Waals surface area contributed by atoms with Gasteiger partial charge < -0.3 is 10.6 Å². The molecule has 0 aliphatic carbocycles. The standard InChI is InChI=1S/C18H26ClN3O2/c1-12-14(5-4-6-17(12)19)10-21-18(24)9-15-7-8-16(22(15)3)11-20-13(2)23/h4-6,15-16H,7-11H2,1-3H3,(H,20,23)(H,21,24)/t15-,16+/m0/s1. The maximum absolute atomic E-state index is 12.2. The van der Waals surface area contributed by atoms with Crippen molar-refractivity contribution < 1.29 is 9.59 Å². The Kier molecular flexibility index (Phi) is 6.63. The minimum absolute atomic E-state index is 0.0125. The molecule has 1 fully saturated rings. The first-order valence-corrected chi connectivity index (χ1v) is 8.73. The highest BCUT2D eigenvalue weighted by molar-refractivity contribution is 6.31. The molecule has 0 aromatic heterocycles. The van der Waals surface area contributed by atoms with E-state index in [1.165, 1.54) is 6.92 Å². The summed E-state index contributed by atoms with van der Waals surface area (Å²) in [4.78, 5) is 25.5. The van der Waals surface area contributed by atoms with E-state index in [1.807, 2.05) is 32.2 Å². The number of nitrogens with zero attached hydrogens (tertiary/aromatic N) is 1. The molecular weight excluding hydrogens is 326 g/mol. The zero-order valence-electron chi connectivity index (χ0n) is 14.6. The van der Waals surface area contributed by atoms with Crippen LogP contribution in [0, 0.1) is 6.92 Å². The summed E-state index contributed by atoms with van der Waals surface area (Å²) in [5, 5.41) is 6.56. The zero-order chi connectivity index (χ0) is 17.7. The van der Waals surface area contributed by atoms with Crippen LogP contribution in [0.2, 0.25) is 5.02 Å². The Balaban J connectivity index is 1.80. The van der Waals surface area contributed by atoms with Crippen LogP contribution in [-0.2, 0) is 16.1 Å². The van der Waals surface area contributed by atoms with Gasteiger partial charge in [0, 0.05) is 43.5 Å². The monoisotopic (exact) mass is 351 g/mol. The highest BCUT2D eigenvalue weighted by atomic mass is 35.5. The smallest absolute Gasteiger partial charge is 0.221 e. The molecule has 2 atom stereocenters. The summed E-state index contributed by atoms with van der Waals surface area (Å²) in [5.41, 5.74) is 2.05. The first kappa shape index (κ1) is 18.7. The second-order valence-electron chi connectivity index (χ2n) is 6.49. The molecular formula is C18H26ClN3O2. The van der Waals surface area contributed by atoms with Gasteiger partial charge in [0.05, 0.1) is 0 Å². The molecule has 1 aromatic carbocycles. The number of halogens is 1. The van der Waals surface area contributed by atoms with Crippen LogP contribution in [-0.4, -0.2) is 42.4 Å². The summed E-state index contributed by atoms with van der Waals surface area (Å²) >= 11 is 6.10. The summed E-state index contributed by atoms with van der Waals surface area (Å²) < 4.78 is 0. The van der Waals surface area contributed by atoms with Crippen molar-refractivity contribution >= 4 is 23.4 Å². The summed E-state index contributed by atoms with van der Waals surface area (Å²) in [6, 6.07) is 6.26. The average molecular weight is 352 g/mol. The van der Waals surface area contributed by atoms with E-state index in [0.717, 1.165) is 29.0 Å². The Labute approximate surface area is 148 Å². The number of hydrogen-bond acceptors (Lipinski definition) is 3. The topological polar surface area (TPSA) is 61.4 Å². The van der Waals surface area contributed by atoms with E-state index in [-0.39, 0.29) is 17.9 Å². The molecule has 2 amide bonds. The number of amides is 2. The molecule has 5 nitrogen and oxygen atoms in total. The quantitative estimate of drug-likeness (QED) is 0.826. The van der Waals surface area contributed by atoms with Gasteiger partial charge in [-0.1, -0.05) is 23.7 Å². The second kappa shape index (κ2) is 8.49. The Morgan fingerprint density at radius 1 is 1.25 bits per heavy atom. The van der Waals surface area contributed by atoms with Crippen molar-refractivity contribution in [2.24, 2.45) is 0 Å². The molecule has 2 N–H and O–H groups in total. The molecule has 2 rings (SSSR count). The van der Waals surface area contributed by atoms with Crippen molar-refractivity contribution in [2.45, 2.75) is 51.7 Å². The predicted octanol–water partition coefficient (Wildman–Crippen LogP) is 2.25. The SMILES string of the molecule is CC(=O)NC[C@H]1CC[C@@H](CC(=O)NCc2cccc(Cl)c2C)N1C. The first-order valence-electron chi connectivity index (χ1n) is 8.35. The van der Waals surface area contributed by atoms with Crippen molar-refractivity contribution in [1.29, 1.82) is 0 Å². The van der Waals surface area contributed by atoms with Gasteiger partial charge in [0.25, 0.3) is 0 Å². The average Bonchev–Trinajstić information content (AvgIpc) is 2.87. The van der Waals surface area contributed by atoms with E-state index in [2.05, 4.69) is 15.5 Å². The largest absolute Gasteiger partial charge is 0.355 e. The molecule has 1 aliphatic rings. The summed E-state index contributed by atoms with van der Waals surface area (Å²) in [5.74, 6) is 0.0351. The van der Waals surface area contributed by atoms with Crippen LogP contribution in [0.5, 0.6) is 0 Å². The third-order valence-corrected chi connectivity index (χ3v) is 5.26. The maximum atomic E-state index is 12.2. The van der Waals surface area contributed by atoms with E-state index in [9.17, 15) is 9.59 Å². The van der Waals surface area contributed by atoms with Crippen molar-refractivity contribution in [3.05, 3.63) is 34.3 Å². The Morgan fingerprint density at radius 3 is 2.67 bits per heavy atom. The van der Waals surface area contributed by atoms with E-state index in [1.54, 1.807) is 0 Å². The molecule has 1 heterocycles. The normalized spacial score (nSPS) is 20.8. The van der Waals surface area contributed by atoms with Crippen LogP contribution in [0.15, 0.2) is 18.2 Å². The molecule has 0 unspecified atom stereocenters. The van der Waals surface area contributed by atoms with E-state index < -0.39 is 0 Å². The van der Waals surface area contributed by atoms with Gasteiger partial charge in [-0.3, -0.25) is 14.5 Å². The van der Waals surface area contributed by atoms with Gasteiger partial charge in [-0.2, -0.15) is 0 Å². The van der Waals surface area contributed by atoms with Crippen LogP contribution in [0.1, 0.15) is 37.3 Å². The van der Waals surface area contributed by atoms with Gasteiger partial charge in [0.1, 0.15) is 0 Å². The summed E-state index contributed by atoms with van der Waals surface area (Å²) in [7, 11) is 2.03. The van der Waals surface area contributed by atoms with Crippen molar-refractivity contribution in [2.75, 3.05) is 13.6 Å². The fourth-order valence-electron chi connectivity index (χ4n) is 3.17. The molecule has 1 aliphatic heterocycles. The minimum atomic E-state index is -0.0125. The number of likely N-dealkylation sites (tertiary alicyclic amines) is 1. The second-order valence-corrected chi connectivity index (χ2v) is 6.90. The van der Waals surface area contributed by atoms with E-state index in [0.29, 0.717) is 25.6 Å². The Morgan fingerprint density at radius 2 is 1.96 bits per heavy atom. The molecule has 1 aromatic rings. The molecule has 24 heavy (non-hydrogen) atoms. The lowest BCUT2D eigenvalue weighted by Crippen LogP contribution is -2.42. The lowest BCUT2D eigenvalue weighted by molar-refractivity contribution is -0.122. The molecule has 0 saturated carbocycles. The Bertz CT molecular complexity index is 606. The number of hydrogen-bond donors (Lipinski definition) is 2. The van der Waals surface area contributed by atoms with Gasteiger partial charge in [0.15, 0.2) is 0 Å². The fourth-order valence-corrected chi connectivity index (χ4v) is 3.36. The first-order chi connectivity index (χ1) is 11.4. The molecule has 0 radical (unpaired) electrons. The number of nitrogens with one attached hydrogen (secondary N) is 2. The minimum Gasteiger partial charge on any atom is -0.355 e. The summed E-state index contributed by atoms with van der Waals surface area (Å²) in [6.45, 7) is 4.63. The maximum Gasteiger partial charge on any atom is 0.221 e. The fraction of sp³-hybridized carbons (Fsp3) is 0.556. The third kappa shape index (κ3) is 4.95. The molecule has 132 valence electrons. The van der Waals surface area contributed by atoms with Crippen molar-refractivity contribution in [1.82, 2.24) is 15.5 Å². The lowest BCUT2D eigenvalue weighted by Gasteiger charge is -2.25. The van der Waals surface area contributed by atoms with Gasteiger partial charge >= 0.3 is 0 Å². The van der Waals surface area contributed by atoms with Crippen LogP contribution in [0.3, 0.4) is 0 Å². The summed E-state index contributed by atoms with van der Waals surface area (Å²) in [6.07, 6.45) is 2.46. The lowest BCUT2D eigenvalue weighted by atomic mass is 10.1. The highest BCUT2D eigenvalue weighted by Crippen LogP contribution is 2.24. The number of rotatable bonds is 6. The van der Waals surface area contributed by atoms with Gasteiger partial charge in [0.2, 0.25) is 11.8 Å². The highest BCUT2D eigenvalue weighted by Gasteiger charge is 2.31. The molecule has 1 saturated heterocycles. The molecule has 0 spiro atoms. The van der Waals surface area contributed by atoms with Crippen LogP contribution < -0.4 is 10.6 Å². The van der Waals surface area contributed by atoms with Crippen LogP contribution in [0.25, 0.3) is 0 Å². The van der Waals surface area contributed by atoms with Gasteiger partial charge in [-0.25, -0.2) is 0 Å². The van der Waals surface area contributed by atoms with Crippen LogP contribution in [0.4, 0.5) is 0 Å². The third-order valence-electron chi connectivity index (χ3n) is 4.85.